The molecule has 0 aromatic rings. The van der Waals surface area contributed by atoms with Crippen LogP contribution in [0.1, 0.15) is 45.4 Å². The molecule has 2 N–H and O–H groups in total. The molecule has 0 unspecified atom stereocenters. The SMILES string of the molecule is CCNC(=NCCCC1CCCC1)NCCN1CCS(=O)(=O)CC1. The maximum atomic E-state index is 11.4. The zero-order chi connectivity index (χ0) is 17.3. The van der Waals surface area contributed by atoms with Gasteiger partial charge in [-0.2, -0.15) is 0 Å². The van der Waals surface area contributed by atoms with Gasteiger partial charge in [0.25, 0.3) is 0 Å². The van der Waals surface area contributed by atoms with Crippen molar-refractivity contribution < 1.29 is 8.42 Å². The highest BCUT2D eigenvalue weighted by Crippen LogP contribution is 2.28. The Morgan fingerprint density at radius 2 is 1.88 bits per heavy atom. The van der Waals surface area contributed by atoms with E-state index in [9.17, 15) is 8.42 Å². The van der Waals surface area contributed by atoms with E-state index in [1.54, 1.807) is 0 Å². The van der Waals surface area contributed by atoms with Crippen LogP contribution in [0.5, 0.6) is 0 Å². The summed E-state index contributed by atoms with van der Waals surface area (Å²) >= 11 is 0. The van der Waals surface area contributed by atoms with Crippen molar-refractivity contribution in [3.8, 4) is 0 Å². The van der Waals surface area contributed by atoms with Crippen molar-refractivity contribution in [3.63, 3.8) is 0 Å². The van der Waals surface area contributed by atoms with E-state index < -0.39 is 9.84 Å². The van der Waals surface area contributed by atoms with Crippen LogP contribution in [0.2, 0.25) is 0 Å². The lowest BCUT2D eigenvalue weighted by Gasteiger charge is -2.26. The summed E-state index contributed by atoms with van der Waals surface area (Å²) in [5.74, 6) is 2.41. The summed E-state index contributed by atoms with van der Waals surface area (Å²) in [5, 5.41) is 6.65. The Labute approximate surface area is 147 Å². The Bertz CT molecular complexity index is 473. The minimum atomic E-state index is -2.79. The maximum absolute atomic E-state index is 11.4. The number of rotatable bonds is 8. The molecule has 1 saturated carbocycles. The van der Waals surface area contributed by atoms with E-state index in [4.69, 9.17) is 0 Å². The van der Waals surface area contributed by atoms with Crippen LogP contribution in [-0.4, -0.2) is 70.1 Å². The second kappa shape index (κ2) is 10.2. The number of aliphatic imine (C=N–C) groups is 1. The van der Waals surface area contributed by atoms with Crippen LogP contribution in [0, 0.1) is 5.92 Å². The van der Waals surface area contributed by atoms with Crippen molar-refractivity contribution in [2.24, 2.45) is 10.9 Å². The third-order valence-corrected chi connectivity index (χ3v) is 6.63. The molecule has 2 aliphatic rings. The summed E-state index contributed by atoms with van der Waals surface area (Å²) in [4.78, 5) is 6.87. The molecular formula is C17H34N4O2S. The summed E-state index contributed by atoms with van der Waals surface area (Å²) in [6.07, 6.45) is 8.13. The van der Waals surface area contributed by atoms with Gasteiger partial charge >= 0.3 is 0 Å². The summed E-state index contributed by atoms with van der Waals surface area (Å²) in [6.45, 7) is 6.78. The Hall–Kier alpha value is -0.820. The average molecular weight is 359 g/mol. The van der Waals surface area contributed by atoms with Crippen LogP contribution in [0.4, 0.5) is 0 Å². The molecular weight excluding hydrogens is 324 g/mol. The molecule has 2 fully saturated rings. The molecule has 0 aromatic heterocycles. The lowest BCUT2D eigenvalue weighted by Crippen LogP contribution is -2.46. The molecule has 6 nitrogen and oxygen atoms in total. The molecule has 1 aliphatic heterocycles. The highest BCUT2D eigenvalue weighted by Gasteiger charge is 2.20. The van der Waals surface area contributed by atoms with Crippen molar-refractivity contribution >= 4 is 15.8 Å². The molecule has 0 amide bonds. The standard InChI is InChI=1S/C17H34N4O2S/c1-2-18-17(19-9-5-8-16-6-3-4-7-16)20-10-11-21-12-14-24(22,23)15-13-21/h16H,2-15H2,1H3,(H2,18,19,20). The van der Waals surface area contributed by atoms with Crippen molar-refractivity contribution in [3.05, 3.63) is 0 Å². The van der Waals surface area contributed by atoms with E-state index in [-0.39, 0.29) is 0 Å². The summed E-state index contributed by atoms with van der Waals surface area (Å²) < 4.78 is 22.9. The lowest BCUT2D eigenvalue weighted by atomic mass is 10.0. The summed E-state index contributed by atoms with van der Waals surface area (Å²) in [6, 6.07) is 0. The first-order chi connectivity index (χ1) is 11.6. The second-order valence-electron chi connectivity index (χ2n) is 6.97. The third-order valence-electron chi connectivity index (χ3n) is 5.02. The topological polar surface area (TPSA) is 73.8 Å². The van der Waals surface area contributed by atoms with Crippen molar-refractivity contribution in [1.82, 2.24) is 15.5 Å². The Balaban J connectivity index is 1.61. The van der Waals surface area contributed by atoms with Crippen molar-refractivity contribution in [2.45, 2.75) is 45.4 Å². The molecule has 1 saturated heterocycles. The highest BCUT2D eigenvalue weighted by atomic mass is 32.2. The molecule has 1 aliphatic carbocycles. The molecule has 7 heteroatoms. The van der Waals surface area contributed by atoms with Gasteiger partial charge < -0.3 is 10.6 Å². The van der Waals surface area contributed by atoms with Gasteiger partial charge in [-0.25, -0.2) is 8.42 Å². The Kier molecular flexibility index (Phi) is 8.32. The molecule has 2 rings (SSSR count). The molecule has 0 atom stereocenters. The van der Waals surface area contributed by atoms with Crippen LogP contribution in [-0.2, 0) is 9.84 Å². The first kappa shape index (κ1) is 19.5. The van der Waals surface area contributed by atoms with Gasteiger partial charge in [0.1, 0.15) is 0 Å². The number of nitrogens with zero attached hydrogens (tertiary/aromatic N) is 2. The van der Waals surface area contributed by atoms with Crippen LogP contribution < -0.4 is 10.6 Å². The van der Waals surface area contributed by atoms with E-state index in [1.807, 2.05) is 0 Å². The van der Waals surface area contributed by atoms with E-state index in [2.05, 4.69) is 27.4 Å². The second-order valence-corrected chi connectivity index (χ2v) is 9.28. The third kappa shape index (κ3) is 7.38. The normalized spacial score (nSPS) is 22.6. The van der Waals surface area contributed by atoms with Crippen LogP contribution in [0.3, 0.4) is 0 Å². The summed E-state index contributed by atoms with van der Waals surface area (Å²) in [5.41, 5.74) is 0. The van der Waals surface area contributed by atoms with E-state index in [1.165, 1.54) is 38.5 Å². The fourth-order valence-corrected chi connectivity index (χ4v) is 4.79. The quantitative estimate of drug-likeness (QED) is 0.388. The van der Waals surface area contributed by atoms with Gasteiger partial charge in [-0.3, -0.25) is 9.89 Å². The summed E-state index contributed by atoms with van der Waals surface area (Å²) in [7, 11) is -2.79. The molecule has 0 bridgehead atoms. The molecule has 140 valence electrons. The maximum Gasteiger partial charge on any atom is 0.191 e. The predicted molar refractivity (Wildman–Crippen MR) is 100 cm³/mol. The van der Waals surface area contributed by atoms with Gasteiger partial charge in [-0.05, 0) is 25.7 Å². The molecule has 24 heavy (non-hydrogen) atoms. The molecule has 0 aromatic carbocycles. The fraction of sp³-hybridized carbons (Fsp3) is 0.941. The van der Waals surface area contributed by atoms with Gasteiger partial charge in [-0.15, -0.1) is 0 Å². The highest BCUT2D eigenvalue weighted by molar-refractivity contribution is 7.91. The number of sulfone groups is 1. The van der Waals surface area contributed by atoms with Crippen LogP contribution in [0.15, 0.2) is 4.99 Å². The molecule has 1 heterocycles. The van der Waals surface area contributed by atoms with Crippen LogP contribution >= 0.6 is 0 Å². The van der Waals surface area contributed by atoms with Gasteiger partial charge in [0, 0.05) is 39.3 Å². The van der Waals surface area contributed by atoms with Gasteiger partial charge in [0.05, 0.1) is 11.5 Å². The first-order valence-corrected chi connectivity index (χ1v) is 11.4. The van der Waals surface area contributed by atoms with Gasteiger partial charge in [-0.1, -0.05) is 25.7 Å². The van der Waals surface area contributed by atoms with Crippen LogP contribution in [0.25, 0.3) is 0 Å². The Morgan fingerprint density at radius 1 is 1.17 bits per heavy atom. The van der Waals surface area contributed by atoms with Crippen molar-refractivity contribution in [2.75, 3.05) is 50.8 Å². The zero-order valence-electron chi connectivity index (χ0n) is 15.1. The largest absolute Gasteiger partial charge is 0.357 e. The Morgan fingerprint density at radius 3 is 2.54 bits per heavy atom. The van der Waals surface area contributed by atoms with Crippen molar-refractivity contribution in [1.29, 1.82) is 0 Å². The monoisotopic (exact) mass is 358 g/mol. The zero-order valence-corrected chi connectivity index (χ0v) is 15.9. The number of nitrogens with one attached hydrogen (secondary N) is 2. The molecule has 0 radical (unpaired) electrons. The minimum Gasteiger partial charge on any atom is -0.357 e. The van der Waals surface area contributed by atoms with E-state index in [0.717, 1.165) is 38.1 Å². The first-order valence-electron chi connectivity index (χ1n) is 9.54. The van der Waals surface area contributed by atoms with E-state index in [0.29, 0.717) is 24.6 Å². The number of hydrogen-bond acceptors (Lipinski definition) is 4. The van der Waals surface area contributed by atoms with Gasteiger partial charge in [0.15, 0.2) is 15.8 Å². The minimum absolute atomic E-state index is 0.294. The molecule has 0 spiro atoms. The number of hydrogen-bond donors (Lipinski definition) is 2. The lowest BCUT2D eigenvalue weighted by molar-refractivity contribution is 0.299. The number of guanidine groups is 1. The fourth-order valence-electron chi connectivity index (χ4n) is 3.52. The van der Waals surface area contributed by atoms with E-state index >= 15 is 0 Å². The van der Waals surface area contributed by atoms with Gasteiger partial charge in [0.2, 0.25) is 0 Å². The average Bonchev–Trinajstić information content (AvgIpc) is 3.06. The smallest absolute Gasteiger partial charge is 0.191 e. The predicted octanol–water partition coefficient (Wildman–Crippen LogP) is 1.24.